The quantitative estimate of drug-likeness (QED) is 0.449. The van der Waals surface area contributed by atoms with E-state index in [1.54, 1.807) is 0 Å². The van der Waals surface area contributed by atoms with E-state index >= 15 is 0 Å². The first kappa shape index (κ1) is 7.45. The lowest BCUT2D eigenvalue weighted by Gasteiger charge is -2.14. The average molecular weight is 169 g/mol. The maximum Gasteiger partial charge on any atom is 0.256 e. The number of rotatable bonds is 1. The molecule has 0 bridgehead atoms. The maximum absolute atomic E-state index is 11.0. The van der Waals surface area contributed by atoms with E-state index in [1.807, 2.05) is 0 Å². The summed E-state index contributed by atoms with van der Waals surface area (Å²) in [6.07, 6.45) is 0.452. The number of aliphatic hydroxyl groups excluding tert-OH is 1. The van der Waals surface area contributed by atoms with Crippen LogP contribution in [0.4, 0.5) is 0 Å². The van der Waals surface area contributed by atoms with Crippen molar-refractivity contribution in [2.45, 2.75) is 17.8 Å². The van der Waals surface area contributed by atoms with Gasteiger partial charge in [-0.05, 0) is 12.2 Å². The Balaban J connectivity index is 2.38. The van der Waals surface area contributed by atoms with E-state index in [0.29, 0.717) is 0 Å². The molecule has 2 rings (SSSR count). The van der Waals surface area contributed by atoms with Crippen molar-refractivity contribution in [3.8, 4) is 0 Å². The van der Waals surface area contributed by atoms with Crippen LogP contribution in [-0.2, 0) is 14.3 Å². The molecule has 3 unspecified atom stereocenters. The van der Waals surface area contributed by atoms with Gasteiger partial charge in [-0.2, -0.15) is 0 Å². The number of ketones is 1. The van der Waals surface area contributed by atoms with Crippen molar-refractivity contribution >= 4 is 11.7 Å². The van der Waals surface area contributed by atoms with Crippen molar-refractivity contribution in [3.63, 3.8) is 0 Å². The van der Waals surface area contributed by atoms with Gasteiger partial charge in [0.05, 0.1) is 0 Å². The lowest BCUT2D eigenvalue weighted by molar-refractivity contribution is -0.126. The van der Waals surface area contributed by atoms with Crippen LogP contribution in [0.25, 0.3) is 0 Å². The summed E-state index contributed by atoms with van der Waals surface area (Å²) in [6, 6.07) is 0. The Morgan fingerprint density at radius 3 is 2.92 bits per heavy atom. The van der Waals surface area contributed by atoms with Crippen LogP contribution in [0.15, 0.2) is 12.2 Å². The van der Waals surface area contributed by atoms with Crippen molar-refractivity contribution in [2.75, 3.05) is 0 Å². The van der Waals surface area contributed by atoms with Crippen molar-refractivity contribution in [2.24, 2.45) is 5.73 Å². The van der Waals surface area contributed by atoms with Gasteiger partial charge in [0.1, 0.15) is 6.10 Å². The summed E-state index contributed by atoms with van der Waals surface area (Å²) in [5.41, 5.74) is 3.52. The third-order valence-electron chi connectivity index (χ3n) is 2.17. The summed E-state index contributed by atoms with van der Waals surface area (Å²) >= 11 is 0. The third-order valence-corrected chi connectivity index (χ3v) is 2.17. The number of hydrogen-bond donors (Lipinski definition) is 2. The molecule has 0 saturated carbocycles. The van der Waals surface area contributed by atoms with Gasteiger partial charge in [-0.3, -0.25) is 9.59 Å². The SMILES string of the molecule is NC(=O)C12OC1C(=O)C=CC2O. The molecule has 3 N–H and O–H groups in total. The monoisotopic (exact) mass is 169 g/mol. The molecule has 5 nitrogen and oxygen atoms in total. The van der Waals surface area contributed by atoms with Gasteiger partial charge in [0.2, 0.25) is 5.60 Å². The molecule has 2 aliphatic rings. The van der Waals surface area contributed by atoms with Crippen LogP contribution in [0.2, 0.25) is 0 Å². The fraction of sp³-hybridized carbons (Fsp3) is 0.429. The smallest absolute Gasteiger partial charge is 0.256 e. The van der Waals surface area contributed by atoms with Crippen LogP contribution in [0.5, 0.6) is 0 Å². The van der Waals surface area contributed by atoms with E-state index in [2.05, 4.69) is 0 Å². The molecule has 1 aliphatic heterocycles. The van der Waals surface area contributed by atoms with E-state index < -0.39 is 23.7 Å². The number of ether oxygens (including phenoxy) is 1. The summed E-state index contributed by atoms with van der Waals surface area (Å²) < 4.78 is 4.81. The largest absolute Gasteiger partial charge is 0.385 e. The van der Waals surface area contributed by atoms with Crippen LogP contribution in [0.1, 0.15) is 0 Å². The minimum atomic E-state index is -1.47. The molecule has 0 spiro atoms. The van der Waals surface area contributed by atoms with Crippen LogP contribution >= 0.6 is 0 Å². The maximum atomic E-state index is 11.0. The Hall–Kier alpha value is -1.20. The topological polar surface area (TPSA) is 92.9 Å². The number of epoxide rings is 1. The van der Waals surface area contributed by atoms with Crippen LogP contribution < -0.4 is 5.73 Å². The molecule has 1 aliphatic carbocycles. The number of nitrogens with two attached hydrogens (primary N) is 1. The fourth-order valence-corrected chi connectivity index (χ4v) is 1.40. The zero-order valence-electron chi connectivity index (χ0n) is 6.06. The fourth-order valence-electron chi connectivity index (χ4n) is 1.40. The molecular weight excluding hydrogens is 162 g/mol. The molecule has 3 atom stereocenters. The first-order valence-corrected chi connectivity index (χ1v) is 3.47. The second kappa shape index (κ2) is 1.94. The predicted octanol–water partition coefficient (Wildman–Crippen LogP) is -1.89. The van der Waals surface area contributed by atoms with E-state index in [4.69, 9.17) is 10.5 Å². The highest BCUT2D eigenvalue weighted by molar-refractivity contribution is 6.06. The Labute approximate surface area is 67.8 Å². The molecule has 0 aromatic heterocycles. The van der Waals surface area contributed by atoms with Gasteiger partial charge >= 0.3 is 0 Å². The minimum Gasteiger partial charge on any atom is -0.385 e. The molecule has 0 radical (unpaired) electrons. The van der Waals surface area contributed by atoms with Gasteiger partial charge in [-0.25, -0.2) is 0 Å². The van der Waals surface area contributed by atoms with Gasteiger partial charge in [0.25, 0.3) is 5.91 Å². The van der Waals surface area contributed by atoms with Crippen molar-refractivity contribution in [1.82, 2.24) is 0 Å². The molecule has 0 aromatic carbocycles. The first-order valence-electron chi connectivity index (χ1n) is 3.47. The average Bonchev–Trinajstić information content (AvgIpc) is 2.73. The number of primary amides is 1. The summed E-state index contributed by atoms with van der Waals surface area (Å²) in [5, 5.41) is 9.29. The van der Waals surface area contributed by atoms with Gasteiger partial charge in [0, 0.05) is 0 Å². The minimum absolute atomic E-state index is 0.320. The number of fused-ring (bicyclic) bond motifs is 1. The first-order chi connectivity index (χ1) is 5.59. The van der Waals surface area contributed by atoms with Crippen LogP contribution in [-0.4, -0.2) is 34.6 Å². The molecule has 1 heterocycles. The van der Waals surface area contributed by atoms with Crippen LogP contribution in [0, 0.1) is 0 Å². The van der Waals surface area contributed by atoms with Gasteiger partial charge < -0.3 is 15.6 Å². The van der Waals surface area contributed by atoms with Gasteiger partial charge in [0.15, 0.2) is 11.9 Å². The van der Waals surface area contributed by atoms with Crippen LogP contribution in [0.3, 0.4) is 0 Å². The van der Waals surface area contributed by atoms with E-state index in [9.17, 15) is 14.7 Å². The third kappa shape index (κ3) is 0.645. The number of carbonyl (C=O) groups is 2. The summed E-state index contributed by atoms with van der Waals surface area (Å²) in [5.74, 6) is -1.11. The molecule has 1 fully saturated rings. The predicted molar refractivity (Wildman–Crippen MR) is 37.0 cm³/mol. The Bertz CT molecular complexity index is 294. The van der Waals surface area contributed by atoms with Crippen molar-refractivity contribution in [3.05, 3.63) is 12.2 Å². The Morgan fingerprint density at radius 1 is 1.75 bits per heavy atom. The molecule has 0 aromatic rings. The highest BCUT2D eigenvalue weighted by atomic mass is 16.6. The van der Waals surface area contributed by atoms with E-state index in [0.717, 1.165) is 0 Å². The Morgan fingerprint density at radius 2 is 2.42 bits per heavy atom. The number of amides is 1. The Kier molecular flexibility index (Phi) is 1.20. The summed E-state index contributed by atoms with van der Waals surface area (Å²) in [7, 11) is 0. The van der Waals surface area contributed by atoms with E-state index in [1.165, 1.54) is 12.2 Å². The lowest BCUT2D eigenvalue weighted by Crippen LogP contribution is -2.46. The molecular formula is C7H7NO4. The zero-order valence-corrected chi connectivity index (χ0v) is 6.06. The van der Waals surface area contributed by atoms with Crippen molar-refractivity contribution in [1.29, 1.82) is 0 Å². The number of aliphatic hydroxyl groups is 1. The second-order valence-electron chi connectivity index (χ2n) is 2.86. The second-order valence-corrected chi connectivity index (χ2v) is 2.86. The number of carbonyl (C=O) groups excluding carboxylic acids is 2. The molecule has 64 valence electrons. The number of hydrogen-bond acceptors (Lipinski definition) is 4. The molecule has 1 saturated heterocycles. The highest BCUT2D eigenvalue weighted by Crippen LogP contribution is 2.43. The van der Waals surface area contributed by atoms with Gasteiger partial charge in [-0.1, -0.05) is 0 Å². The summed E-state index contributed by atoms with van der Waals surface area (Å²) in [6.45, 7) is 0. The standard InChI is InChI=1S/C7H7NO4/c8-6(11)7-4(10)2-1-3(9)5(7)12-7/h1-2,4-5,10H,(H2,8,11). The van der Waals surface area contributed by atoms with Gasteiger partial charge in [-0.15, -0.1) is 0 Å². The normalized spacial score (nSPS) is 43.9. The molecule has 1 amide bonds. The highest BCUT2D eigenvalue weighted by Gasteiger charge is 2.70. The van der Waals surface area contributed by atoms with Crippen molar-refractivity contribution < 1.29 is 19.4 Å². The zero-order chi connectivity index (χ0) is 8.93. The summed E-state index contributed by atoms with van der Waals surface area (Å²) in [4.78, 5) is 21.8. The molecule has 5 heteroatoms. The molecule has 12 heavy (non-hydrogen) atoms. The van der Waals surface area contributed by atoms with E-state index in [-0.39, 0.29) is 5.78 Å². The lowest BCUT2D eigenvalue weighted by atomic mass is 9.90.